The molecule has 0 radical (unpaired) electrons. The number of rotatable bonds is 5. The molecular formula is C26H22ClFN6O3S. The van der Waals surface area contributed by atoms with E-state index in [4.69, 9.17) is 16.3 Å². The van der Waals surface area contributed by atoms with Crippen molar-refractivity contribution in [2.24, 2.45) is 12.5 Å². The van der Waals surface area contributed by atoms with Gasteiger partial charge in [-0.2, -0.15) is 5.26 Å². The molecule has 1 saturated carbocycles. The van der Waals surface area contributed by atoms with Crippen molar-refractivity contribution in [3.63, 3.8) is 0 Å². The molecule has 1 aliphatic carbocycles. The molecule has 9 nitrogen and oxygen atoms in total. The molecular weight excluding hydrogens is 531 g/mol. The summed E-state index contributed by atoms with van der Waals surface area (Å²) in [5.74, 6) is -0.278. The van der Waals surface area contributed by atoms with E-state index in [0.29, 0.717) is 45.9 Å². The summed E-state index contributed by atoms with van der Waals surface area (Å²) in [6.07, 6.45) is 6.25. The molecule has 1 saturated heterocycles. The first kappa shape index (κ1) is 24.7. The second-order valence-electron chi connectivity index (χ2n) is 9.75. The number of methoxy groups -OCH3 is 1. The van der Waals surface area contributed by atoms with Crippen molar-refractivity contribution in [3.8, 4) is 11.8 Å². The van der Waals surface area contributed by atoms with Crippen LogP contribution in [0.2, 0.25) is 5.02 Å². The van der Waals surface area contributed by atoms with E-state index in [2.05, 4.69) is 16.0 Å². The first-order valence-corrected chi connectivity index (χ1v) is 13.2. The van der Waals surface area contributed by atoms with Crippen LogP contribution in [0.15, 0.2) is 30.6 Å². The molecule has 0 spiro atoms. The third-order valence-corrected chi connectivity index (χ3v) is 9.10. The van der Waals surface area contributed by atoms with Crippen LogP contribution in [-0.4, -0.2) is 56.3 Å². The monoisotopic (exact) mass is 552 g/mol. The molecule has 4 heterocycles. The van der Waals surface area contributed by atoms with E-state index >= 15 is 0 Å². The van der Waals surface area contributed by atoms with E-state index < -0.39 is 34.5 Å². The van der Waals surface area contributed by atoms with Crippen molar-refractivity contribution >= 4 is 56.9 Å². The lowest BCUT2D eigenvalue weighted by molar-refractivity contribution is -0.119. The topological polar surface area (TPSA) is 104 Å². The van der Waals surface area contributed by atoms with Gasteiger partial charge >= 0.3 is 6.03 Å². The van der Waals surface area contributed by atoms with Crippen LogP contribution in [0.1, 0.15) is 24.2 Å². The van der Waals surface area contributed by atoms with Crippen molar-refractivity contribution in [1.82, 2.24) is 19.4 Å². The Labute approximate surface area is 226 Å². The summed E-state index contributed by atoms with van der Waals surface area (Å²) in [4.78, 5) is 40.2. The SMILES string of the molecule is COc1cc(C2=CC3C(S2)C(=O)N(c2cncc4nc(C)n(C)c24)C(=O)N3CC2(C#N)CC2)c(Cl)cc1F. The Kier molecular flexibility index (Phi) is 5.66. The van der Waals surface area contributed by atoms with Crippen LogP contribution in [0.4, 0.5) is 14.9 Å². The minimum atomic E-state index is -0.700. The zero-order chi connectivity index (χ0) is 26.9. The number of aryl methyl sites for hydroxylation is 2. The highest BCUT2D eigenvalue weighted by molar-refractivity contribution is 8.09. The van der Waals surface area contributed by atoms with Gasteiger partial charge in [-0.15, -0.1) is 11.8 Å². The average Bonchev–Trinajstić information content (AvgIpc) is 3.43. The summed E-state index contributed by atoms with van der Waals surface area (Å²) in [7, 11) is 3.18. The van der Waals surface area contributed by atoms with Crippen LogP contribution in [0.25, 0.3) is 15.9 Å². The van der Waals surface area contributed by atoms with Gasteiger partial charge in [0.1, 0.15) is 16.6 Å². The molecule has 38 heavy (non-hydrogen) atoms. The number of benzene rings is 1. The number of pyridine rings is 1. The Hall–Kier alpha value is -3.62. The summed E-state index contributed by atoms with van der Waals surface area (Å²) in [5.41, 5.74) is 1.37. The van der Waals surface area contributed by atoms with Gasteiger partial charge in [0.05, 0.1) is 53.3 Å². The molecule has 0 N–H and O–H groups in total. The summed E-state index contributed by atoms with van der Waals surface area (Å²) < 4.78 is 21.2. The predicted octanol–water partition coefficient (Wildman–Crippen LogP) is 4.68. The van der Waals surface area contributed by atoms with E-state index in [1.54, 1.807) is 11.1 Å². The number of carbonyl (C=O) groups excluding carboxylic acids is 2. The molecule has 2 fully saturated rings. The predicted molar refractivity (Wildman–Crippen MR) is 141 cm³/mol. The van der Waals surface area contributed by atoms with E-state index in [-0.39, 0.29) is 17.3 Å². The Morgan fingerprint density at radius 3 is 2.76 bits per heavy atom. The van der Waals surface area contributed by atoms with Crippen molar-refractivity contribution in [3.05, 3.63) is 52.8 Å². The van der Waals surface area contributed by atoms with E-state index in [9.17, 15) is 19.2 Å². The first-order valence-electron chi connectivity index (χ1n) is 11.9. The van der Waals surface area contributed by atoms with Gasteiger partial charge in [-0.3, -0.25) is 9.78 Å². The second-order valence-corrected chi connectivity index (χ2v) is 11.3. The fourth-order valence-electron chi connectivity index (χ4n) is 5.05. The molecule has 1 aromatic carbocycles. The molecule has 2 unspecified atom stereocenters. The highest BCUT2D eigenvalue weighted by atomic mass is 35.5. The molecule has 0 bridgehead atoms. The van der Waals surface area contributed by atoms with Crippen molar-refractivity contribution in [2.75, 3.05) is 18.6 Å². The summed E-state index contributed by atoms with van der Waals surface area (Å²) in [6.45, 7) is 2.02. The van der Waals surface area contributed by atoms with Gasteiger partial charge in [0.25, 0.3) is 5.91 Å². The maximum Gasteiger partial charge on any atom is 0.332 e. The lowest BCUT2D eigenvalue weighted by atomic mass is 10.0. The van der Waals surface area contributed by atoms with Gasteiger partial charge in [-0.25, -0.2) is 19.1 Å². The van der Waals surface area contributed by atoms with Crippen LogP contribution in [0, 0.1) is 29.5 Å². The van der Waals surface area contributed by atoms with Crippen LogP contribution < -0.4 is 9.64 Å². The number of hydrogen-bond acceptors (Lipinski definition) is 7. The average molecular weight is 553 g/mol. The number of halogens is 2. The van der Waals surface area contributed by atoms with E-state index in [1.165, 1.54) is 37.2 Å². The Balaban J connectivity index is 1.46. The number of urea groups is 1. The number of aromatic nitrogens is 3. The highest BCUT2D eigenvalue weighted by Gasteiger charge is 2.54. The molecule has 2 atom stereocenters. The fraction of sp³-hybridized carbons (Fsp3) is 0.346. The number of fused-ring (bicyclic) bond motifs is 2. The Morgan fingerprint density at radius 1 is 1.32 bits per heavy atom. The minimum Gasteiger partial charge on any atom is -0.494 e. The van der Waals surface area contributed by atoms with Crippen LogP contribution >= 0.6 is 23.4 Å². The number of thioether (sulfide) groups is 1. The maximum absolute atomic E-state index is 14.2. The number of amides is 3. The van der Waals surface area contributed by atoms with E-state index in [1.807, 2.05) is 24.6 Å². The third kappa shape index (κ3) is 3.66. The van der Waals surface area contributed by atoms with E-state index in [0.717, 1.165) is 4.90 Å². The van der Waals surface area contributed by atoms with Crippen molar-refractivity contribution in [1.29, 1.82) is 5.26 Å². The van der Waals surface area contributed by atoms with Gasteiger partial charge in [0.15, 0.2) is 11.6 Å². The minimum absolute atomic E-state index is 0.0207. The summed E-state index contributed by atoms with van der Waals surface area (Å²) in [5, 5.41) is 9.27. The Bertz CT molecular complexity index is 1610. The van der Waals surface area contributed by atoms with Crippen LogP contribution in [0.5, 0.6) is 5.75 Å². The number of carbonyl (C=O) groups is 2. The molecule has 6 rings (SSSR count). The van der Waals surface area contributed by atoms with Crippen LogP contribution in [-0.2, 0) is 11.8 Å². The number of hydrogen-bond donors (Lipinski definition) is 0. The van der Waals surface area contributed by atoms with Gasteiger partial charge in [-0.05, 0) is 38.0 Å². The molecule has 2 aliphatic heterocycles. The standard InChI is InChI=1S/C26H22ClFN6O3S/c1-13-31-17-9-30-10-19(22(17)32(13)2)34-24(35)23-18(33(25(34)36)12-26(11-29)4-5-26)8-21(38-23)14-6-20(37-3)16(28)7-15(14)27/h6-10,18,23H,4-5,12H2,1-3H3. The normalized spacial score (nSPS) is 21.9. The summed E-state index contributed by atoms with van der Waals surface area (Å²) in [6, 6.07) is 3.88. The maximum atomic E-state index is 14.2. The lowest BCUT2D eigenvalue weighted by Gasteiger charge is -2.42. The third-order valence-electron chi connectivity index (χ3n) is 7.44. The number of imidazole rings is 1. The summed E-state index contributed by atoms with van der Waals surface area (Å²) >= 11 is 7.66. The molecule has 3 aliphatic rings. The molecule has 3 aromatic rings. The smallest absolute Gasteiger partial charge is 0.332 e. The van der Waals surface area contributed by atoms with Crippen molar-refractivity contribution < 1.29 is 18.7 Å². The number of nitriles is 1. The number of anilines is 1. The fourth-order valence-corrected chi connectivity index (χ4v) is 6.72. The first-order chi connectivity index (χ1) is 18.2. The lowest BCUT2D eigenvalue weighted by Crippen LogP contribution is -2.63. The Morgan fingerprint density at radius 2 is 2.08 bits per heavy atom. The molecule has 2 aromatic heterocycles. The zero-order valence-electron chi connectivity index (χ0n) is 20.7. The number of nitrogens with zero attached hydrogens (tertiary/aromatic N) is 6. The highest BCUT2D eigenvalue weighted by Crippen LogP contribution is 2.51. The van der Waals surface area contributed by atoms with Gasteiger partial charge < -0.3 is 14.2 Å². The molecule has 3 amide bonds. The quantitative estimate of drug-likeness (QED) is 0.453. The number of imide groups is 1. The second kappa shape index (κ2) is 8.71. The number of ether oxygens (including phenoxy) is 1. The van der Waals surface area contributed by atoms with Gasteiger partial charge in [0, 0.05) is 24.1 Å². The molecule has 194 valence electrons. The zero-order valence-corrected chi connectivity index (χ0v) is 22.3. The van der Waals surface area contributed by atoms with Crippen LogP contribution in [0.3, 0.4) is 0 Å². The van der Waals surface area contributed by atoms with Gasteiger partial charge in [-0.1, -0.05) is 11.6 Å². The largest absolute Gasteiger partial charge is 0.494 e. The van der Waals surface area contributed by atoms with Crippen molar-refractivity contribution in [2.45, 2.75) is 31.1 Å². The van der Waals surface area contributed by atoms with Gasteiger partial charge in [0.2, 0.25) is 0 Å². The molecule has 12 heteroatoms.